The first-order chi connectivity index (χ1) is 16.8. The lowest BCUT2D eigenvalue weighted by molar-refractivity contribution is -0.0964. The number of nitrogens with zero attached hydrogens (tertiary/aromatic N) is 4. The van der Waals surface area contributed by atoms with Crippen LogP contribution in [0.5, 0.6) is 11.8 Å². The number of aromatic nitrogens is 4. The molecule has 0 radical (unpaired) electrons. The Labute approximate surface area is 202 Å². The molecule has 0 aliphatic carbocycles. The molecule has 0 saturated heterocycles. The molecule has 9 nitrogen and oxygen atoms in total. The Hall–Kier alpha value is -3.83. The van der Waals surface area contributed by atoms with Crippen LogP contribution in [0.3, 0.4) is 0 Å². The van der Waals surface area contributed by atoms with Crippen LogP contribution >= 0.6 is 11.6 Å². The fourth-order valence-corrected chi connectivity index (χ4v) is 4.04. The van der Waals surface area contributed by atoms with Gasteiger partial charge >= 0.3 is 5.57 Å². The van der Waals surface area contributed by atoms with Crippen molar-refractivity contribution in [2.75, 3.05) is 18.5 Å². The first-order valence-electron chi connectivity index (χ1n) is 10.6. The number of hydrogen-bond acceptors (Lipinski definition) is 7. The van der Waals surface area contributed by atoms with E-state index in [0.717, 1.165) is 0 Å². The Morgan fingerprint density at radius 1 is 1.29 bits per heavy atom. The Bertz CT molecular complexity index is 1380. The second kappa shape index (κ2) is 9.08. The van der Waals surface area contributed by atoms with Gasteiger partial charge in [0.15, 0.2) is 0 Å². The first-order valence-corrected chi connectivity index (χ1v) is 10.9. The lowest BCUT2D eigenvalue weighted by Crippen LogP contribution is -2.23. The van der Waals surface area contributed by atoms with Gasteiger partial charge in [0.1, 0.15) is 5.75 Å². The van der Waals surface area contributed by atoms with Crippen LogP contribution in [0.15, 0.2) is 54.7 Å². The molecular weight excluding hydrogens is 484 g/mol. The zero-order valence-corrected chi connectivity index (χ0v) is 18.7. The lowest BCUT2D eigenvalue weighted by atomic mass is 10.0. The number of benzene rings is 2. The van der Waals surface area contributed by atoms with E-state index in [1.54, 1.807) is 24.3 Å². The molecule has 1 amide bonds. The van der Waals surface area contributed by atoms with Crippen LogP contribution in [0.4, 0.5) is 14.5 Å². The van der Waals surface area contributed by atoms with Crippen LogP contribution in [0.1, 0.15) is 22.8 Å². The number of alkyl halides is 3. The Morgan fingerprint density at radius 3 is 2.77 bits per heavy atom. The molecule has 0 spiro atoms. The number of aliphatic hydroxyl groups is 1. The van der Waals surface area contributed by atoms with Crippen molar-refractivity contribution in [1.29, 1.82) is 0 Å². The number of amides is 1. The normalized spacial score (nSPS) is 15.4. The van der Waals surface area contributed by atoms with E-state index in [9.17, 15) is 18.7 Å². The molecule has 12 heteroatoms. The molecule has 0 unspecified atom stereocenters. The summed E-state index contributed by atoms with van der Waals surface area (Å²) in [5.74, 6) is -0.615. The highest BCUT2D eigenvalue weighted by Gasteiger charge is 2.29. The molecule has 1 atom stereocenters. The molecule has 0 fully saturated rings. The van der Waals surface area contributed by atoms with E-state index < -0.39 is 11.5 Å². The molecule has 35 heavy (non-hydrogen) atoms. The smallest absolute Gasteiger partial charge is 0.465 e. The predicted octanol–water partition coefficient (Wildman–Crippen LogP) is 4.23. The number of aliphatic hydroxyl groups excluding tert-OH is 1. The summed E-state index contributed by atoms with van der Waals surface area (Å²) in [6.07, 6.45) is 2.14. The minimum Gasteiger partial charge on any atom is -0.465 e. The Morgan fingerprint density at radius 2 is 2.09 bits per heavy atom. The van der Waals surface area contributed by atoms with Crippen LogP contribution in [-0.4, -0.2) is 49.5 Å². The van der Waals surface area contributed by atoms with E-state index in [1.165, 1.54) is 30.5 Å². The maximum Gasteiger partial charge on any atom is 0.487 e. The van der Waals surface area contributed by atoms with Gasteiger partial charge in [0.25, 0.3) is 11.9 Å². The topological polar surface area (TPSA) is 111 Å². The third-order valence-corrected chi connectivity index (χ3v) is 5.54. The SMILES string of the molecule is O=C(Nc1ccc(OC(F)(F)Cl)cc1)c1cc(-c2cccnn2)c2c(c1)nc1n2[C@H](CO)CCO1. The van der Waals surface area contributed by atoms with Crippen molar-refractivity contribution < 1.29 is 28.2 Å². The van der Waals surface area contributed by atoms with Gasteiger partial charge in [0.2, 0.25) is 0 Å². The fraction of sp³-hybridized carbons (Fsp3) is 0.217. The van der Waals surface area contributed by atoms with Gasteiger partial charge in [-0.15, -0.1) is 8.78 Å². The molecule has 1 aliphatic rings. The van der Waals surface area contributed by atoms with Gasteiger partial charge in [0.05, 0.1) is 36.0 Å². The third-order valence-electron chi connectivity index (χ3n) is 5.47. The fourth-order valence-electron chi connectivity index (χ4n) is 3.95. The highest BCUT2D eigenvalue weighted by atomic mass is 35.5. The molecule has 3 heterocycles. The monoisotopic (exact) mass is 501 g/mol. The number of halogens is 3. The lowest BCUT2D eigenvalue weighted by Gasteiger charge is -2.24. The van der Waals surface area contributed by atoms with Crippen molar-refractivity contribution in [3.63, 3.8) is 0 Å². The minimum atomic E-state index is -3.83. The van der Waals surface area contributed by atoms with Gasteiger partial charge in [-0.3, -0.25) is 9.36 Å². The zero-order chi connectivity index (χ0) is 24.6. The van der Waals surface area contributed by atoms with E-state index in [-0.39, 0.29) is 24.0 Å². The van der Waals surface area contributed by atoms with E-state index >= 15 is 0 Å². The summed E-state index contributed by atoms with van der Waals surface area (Å²) in [6, 6.07) is 12.2. The van der Waals surface area contributed by atoms with Gasteiger partial charge in [-0.1, -0.05) is 0 Å². The maximum atomic E-state index is 13.1. The Balaban J connectivity index is 1.53. The van der Waals surface area contributed by atoms with Crippen molar-refractivity contribution in [3.05, 3.63) is 60.3 Å². The molecular formula is C23H18ClF2N5O4. The molecule has 0 saturated carbocycles. The van der Waals surface area contributed by atoms with Gasteiger partial charge in [0, 0.05) is 41.0 Å². The minimum absolute atomic E-state index is 0.0979. The van der Waals surface area contributed by atoms with Gasteiger partial charge < -0.3 is 19.9 Å². The number of carbonyl (C=O) groups is 1. The van der Waals surface area contributed by atoms with Crippen LogP contribution in [0.2, 0.25) is 0 Å². The average molecular weight is 502 g/mol. The van der Waals surface area contributed by atoms with E-state index in [1.807, 2.05) is 4.57 Å². The number of carbonyl (C=O) groups excluding carboxylic acids is 1. The summed E-state index contributed by atoms with van der Waals surface area (Å²) < 4.78 is 37.4. The highest BCUT2D eigenvalue weighted by molar-refractivity contribution is 6.20. The van der Waals surface area contributed by atoms with Gasteiger partial charge in [-0.2, -0.15) is 15.2 Å². The molecule has 1 aliphatic heterocycles. The van der Waals surface area contributed by atoms with E-state index in [4.69, 9.17) is 16.3 Å². The quantitative estimate of drug-likeness (QED) is 0.380. The average Bonchev–Trinajstić information content (AvgIpc) is 3.23. The number of hydrogen-bond donors (Lipinski definition) is 2. The Kier molecular flexibility index (Phi) is 5.95. The summed E-state index contributed by atoms with van der Waals surface area (Å²) >= 11 is 4.78. The zero-order valence-electron chi connectivity index (χ0n) is 18.0. The summed E-state index contributed by atoms with van der Waals surface area (Å²) in [7, 11) is 0. The predicted molar refractivity (Wildman–Crippen MR) is 123 cm³/mol. The number of rotatable bonds is 6. The van der Waals surface area contributed by atoms with E-state index in [2.05, 4.69) is 25.2 Å². The van der Waals surface area contributed by atoms with Crippen LogP contribution < -0.4 is 14.8 Å². The van der Waals surface area contributed by atoms with Gasteiger partial charge in [-0.05, 0) is 48.5 Å². The molecule has 0 bridgehead atoms. The summed E-state index contributed by atoms with van der Waals surface area (Å²) in [6.45, 7) is 0.317. The van der Waals surface area contributed by atoms with Crippen molar-refractivity contribution in [2.45, 2.75) is 18.0 Å². The third kappa shape index (κ3) is 4.73. The van der Waals surface area contributed by atoms with Gasteiger partial charge in [-0.25, -0.2) is 0 Å². The van der Waals surface area contributed by atoms with E-state index in [0.29, 0.717) is 47.0 Å². The standard InChI is InChI=1S/C23H18ClF2N5O4/c24-23(25,26)35-16-5-3-14(4-6-16)28-21(33)13-10-17(18-2-1-8-27-30-18)20-19(11-13)29-22-31(20)15(12-32)7-9-34-22/h1-6,8,10-11,15,32H,7,9,12H2,(H,28,33)/t15-/m0/s1. The number of fused-ring (bicyclic) bond motifs is 3. The molecule has 4 aromatic rings. The summed E-state index contributed by atoms with van der Waals surface area (Å²) in [5.41, 5.74) is -0.937. The highest BCUT2D eigenvalue weighted by Crippen LogP contribution is 2.37. The summed E-state index contributed by atoms with van der Waals surface area (Å²) in [4.78, 5) is 17.6. The molecule has 5 rings (SSSR count). The molecule has 180 valence electrons. The number of nitrogens with one attached hydrogen (secondary N) is 1. The summed E-state index contributed by atoms with van der Waals surface area (Å²) in [5, 5.41) is 20.8. The molecule has 2 N–H and O–H groups in total. The van der Waals surface area contributed by atoms with Crippen LogP contribution in [-0.2, 0) is 0 Å². The maximum absolute atomic E-state index is 13.1. The number of anilines is 1. The molecule has 2 aromatic heterocycles. The van der Waals surface area contributed by atoms with Crippen molar-refractivity contribution in [1.82, 2.24) is 19.7 Å². The van der Waals surface area contributed by atoms with Crippen molar-refractivity contribution in [3.8, 4) is 23.0 Å². The number of imidazole rings is 1. The first kappa shape index (κ1) is 22.9. The second-order valence-corrected chi connectivity index (χ2v) is 8.20. The van der Waals surface area contributed by atoms with Crippen LogP contribution in [0, 0.1) is 0 Å². The van der Waals surface area contributed by atoms with Crippen molar-refractivity contribution >= 4 is 34.2 Å². The second-order valence-electron chi connectivity index (χ2n) is 7.76. The number of ether oxygens (including phenoxy) is 2. The van der Waals surface area contributed by atoms with Crippen molar-refractivity contribution in [2.24, 2.45) is 0 Å². The largest absolute Gasteiger partial charge is 0.487 e. The molecule has 2 aromatic carbocycles. The van der Waals surface area contributed by atoms with Crippen LogP contribution in [0.25, 0.3) is 22.3 Å².